The molecule has 1 aromatic carbocycles. The van der Waals surface area contributed by atoms with Crippen LogP contribution in [0.15, 0.2) is 24.3 Å². The minimum Gasteiger partial charge on any atom is -0.336 e. The minimum atomic E-state index is -0.0502. The number of nitrogens with zero attached hydrogens (tertiary/aromatic N) is 2. The lowest BCUT2D eigenvalue weighted by Crippen LogP contribution is -2.33. The third kappa shape index (κ3) is 3.09. The normalized spacial score (nSPS) is 18.0. The number of para-hydroxylation sites is 1. The average Bonchev–Trinajstić information content (AvgIpc) is 3.13. The summed E-state index contributed by atoms with van der Waals surface area (Å²) < 4.78 is 0. The van der Waals surface area contributed by atoms with Crippen LogP contribution in [0.2, 0.25) is 0 Å². The summed E-state index contributed by atoms with van der Waals surface area (Å²) in [5.74, 6) is 0. The van der Waals surface area contributed by atoms with Crippen LogP contribution in [0.5, 0.6) is 0 Å². The Balaban J connectivity index is 1.69. The monoisotopic (exact) mass is 288 g/mol. The molecule has 4 amide bonds. The van der Waals surface area contributed by atoms with Gasteiger partial charge in [0, 0.05) is 38.4 Å². The number of benzene rings is 1. The first-order chi connectivity index (χ1) is 10.2. The Morgan fingerprint density at radius 1 is 1.19 bits per heavy atom. The zero-order valence-corrected chi connectivity index (χ0v) is 12.0. The van der Waals surface area contributed by atoms with Crippen LogP contribution < -0.4 is 10.6 Å². The Morgan fingerprint density at radius 3 is 2.67 bits per heavy atom. The molecule has 3 rings (SSSR count). The molecule has 2 heterocycles. The van der Waals surface area contributed by atoms with Gasteiger partial charge in [-0.05, 0) is 24.5 Å². The number of urea groups is 2. The van der Waals surface area contributed by atoms with Crippen molar-refractivity contribution in [1.82, 2.24) is 15.1 Å². The summed E-state index contributed by atoms with van der Waals surface area (Å²) >= 11 is 0. The second-order valence-corrected chi connectivity index (χ2v) is 5.43. The van der Waals surface area contributed by atoms with E-state index >= 15 is 0 Å². The van der Waals surface area contributed by atoms with Gasteiger partial charge in [-0.25, -0.2) is 9.59 Å². The molecular weight excluding hydrogens is 268 g/mol. The van der Waals surface area contributed by atoms with E-state index in [0.717, 1.165) is 37.2 Å². The lowest BCUT2D eigenvalue weighted by molar-refractivity contribution is 0.215. The molecule has 6 nitrogen and oxygen atoms in total. The van der Waals surface area contributed by atoms with Gasteiger partial charge in [-0.15, -0.1) is 0 Å². The highest BCUT2D eigenvalue weighted by atomic mass is 16.2. The first-order valence-corrected chi connectivity index (χ1v) is 7.40. The second-order valence-electron chi connectivity index (χ2n) is 5.43. The second kappa shape index (κ2) is 6.03. The van der Waals surface area contributed by atoms with E-state index in [-0.39, 0.29) is 12.1 Å². The van der Waals surface area contributed by atoms with Crippen molar-refractivity contribution in [3.8, 4) is 0 Å². The molecule has 6 heteroatoms. The van der Waals surface area contributed by atoms with Gasteiger partial charge in [-0.3, -0.25) is 0 Å². The Labute approximate surface area is 124 Å². The number of nitrogens with one attached hydrogen (secondary N) is 2. The molecule has 0 aliphatic carbocycles. The van der Waals surface area contributed by atoms with Gasteiger partial charge in [0.05, 0.1) is 0 Å². The van der Waals surface area contributed by atoms with Crippen molar-refractivity contribution in [1.29, 1.82) is 0 Å². The van der Waals surface area contributed by atoms with Gasteiger partial charge < -0.3 is 20.4 Å². The van der Waals surface area contributed by atoms with E-state index in [1.807, 2.05) is 29.2 Å². The SMILES string of the molecule is O=C1NCCN1Cc1ccccc1NC(=O)N1CCCC1. The van der Waals surface area contributed by atoms with Crippen LogP contribution >= 0.6 is 0 Å². The summed E-state index contributed by atoms with van der Waals surface area (Å²) in [5.41, 5.74) is 1.75. The molecule has 21 heavy (non-hydrogen) atoms. The molecule has 0 bridgehead atoms. The van der Waals surface area contributed by atoms with Crippen molar-refractivity contribution in [2.45, 2.75) is 19.4 Å². The molecule has 2 aliphatic rings. The van der Waals surface area contributed by atoms with E-state index < -0.39 is 0 Å². The van der Waals surface area contributed by atoms with Crippen LogP contribution in [0.1, 0.15) is 18.4 Å². The van der Waals surface area contributed by atoms with Crippen LogP contribution in [-0.4, -0.2) is 48.0 Å². The Bertz CT molecular complexity index is 540. The van der Waals surface area contributed by atoms with Gasteiger partial charge in [0.2, 0.25) is 0 Å². The van der Waals surface area contributed by atoms with E-state index in [1.54, 1.807) is 4.90 Å². The maximum Gasteiger partial charge on any atom is 0.321 e. The van der Waals surface area contributed by atoms with E-state index in [1.165, 1.54) is 0 Å². The third-order valence-electron chi connectivity index (χ3n) is 3.96. The van der Waals surface area contributed by atoms with Gasteiger partial charge in [0.15, 0.2) is 0 Å². The smallest absolute Gasteiger partial charge is 0.321 e. The van der Waals surface area contributed by atoms with Crippen molar-refractivity contribution in [3.05, 3.63) is 29.8 Å². The molecule has 2 fully saturated rings. The van der Waals surface area contributed by atoms with Crippen molar-refractivity contribution in [3.63, 3.8) is 0 Å². The fraction of sp³-hybridized carbons (Fsp3) is 0.467. The van der Waals surface area contributed by atoms with Crippen molar-refractivity contribution in [2.24, 2.45) is 0 Å². The largest absolute Gasteiger partial charge is 0.336 e. The van der Waals surface area contributed by atoms with Crippen LogP contribution in [0.4, 0.5) is 15.3 Å². The van der Waals surface area contributed by atoms with Crippen molar-refractivity contribution >= 4 is 17.7 Å². The maximum atomic E-state index is 12.2. The number of hydrogen-bond donors (Lipinski definition) is 2. The standard InChI is InChI=1S/C15H20N4O2/c20-14-16-7-10-19(14)11-12-5-1-2-6-13(12)17-15(21)18-8-3-4-9-18/h1-2,5-6H,3-4,7-11H2,(H,16,20)(H,17,21). The minimum absolute atomic E-state index is 0.0457. The van der Waals surface area contributed by atoms with E-state index in [2.05, 4.69) is 10.6 Å². The van der Waals surface area contributed by atoms with Crippen LogP contribution in [0, 0.1) is 0 Å². The Morgan fingerprint density at radius 2 is 1.95 bits per heavy atom. The Kier molecular flexibility index (Phi) is 3.94. The number of carbonyl (C=O) groups is 2. The fourth-order valence-corrected chi connectivity index (χ4v) is 2.76. The van der Waals surface area contributed by atoms with E-state index in [0.29, 0.717) is 19.6 Å². The number of hydrogen-bond acceptors (Lipinski definition) is 2. The molecule has 0 spiro atoms. The predicted molar refractivity (Wildman–Crippen MR) is 80.1 cm³/mol. The summed E-state index contributed by atoms with van der Waals surface area (Å²) in [4.78, 5) is 27.4. The summed E-state index contributed by atoms with van der Waals surface area (Å²) in [6.07, 6.45) is 2.14. The number of rotatable bonds is 3. The predicted octanol–water partition coefficient (Wildman–Crippen LogP) is 1.84. The highest BCUT2D eigenvalue weighted by Gasteiger charge is 2.22. The third-order valence-corrected chi connectivity index (χ3v) is 3.96. The van der Waals surface area contributed by atoms with Crippen molar-refractivity contribution in [2.75, 3.05) is 31.5 Å². The highest BCUT2D eigenvalue weighted by molar-refractivity contribution is 5.90. The van der Waals surface area contributed by atoms with Gasteiger partial charge >= 0.3 is 12.1 Å². The first-order valence-electron chi connectivity index (χ1n) is 7.40. The van der Waals surface area contributed by atoms with Crippen LogP contribution in [-0.2, 0) is 6.54 Å². The van der Waals surface area contributed by atoms with E-state index in [4.69, 9.17) is 0 Å². The number of likely N-dealkylation sites (tertiary alicyclic amines) is 1. The molecule has 0 unspecified atom stereocenters. The lowest BCUT2D eigenvalue weighted by Gasteiger charge is -2.20. The molecule has 112 valence electrons. The highest BCUT2D eigenvalue weighted by Crippen LogP contribution is 2.19. The molecule has 1 aromatic rings. The average molecular weight is 288 g/mol. The zero-order chi connectivity index (χ0) is 14.7. The van der Waals surface area contributed by atoms with Crippen LogP contribution in [0.25, 0.3) is 0 Å². The summed E-state index contributed by atoms with van der Waals surface area (Å²) in [6.45, 7) is 3.54. The van der Waals surface area contributed by atoms with Gasteiger partial charge in [0.25, 0.3) is 0 Å². The molecule has 2 N–H and O–H groups in total. The maximum absolute atomic E-state index is 12.2. The Hall–Kier alpha value is -2.24. The molecule has 2 aliphatic heterocycles. The number of amides is 4. The van der Waals surface area contributed by atoms with Gasteiger partial charge in [-0.2, -0.15) is 0 Å². The van der Waals surface area contributed by atoms with Crippen molar-refractivity contribution < 1.29 is 9.59 Å². The molecule has 0 saturated carbocycles. The number of carbonyl (C=O) groups excluding carboxylic acids is 2. The fourth-order valence-electron chi connectivity index (χ4n) is 2.76. The first kappa shape index (κ1) is 13.7. The van der Waals surface area contributed by atoms with Crippen LogP contribution in [0.3, 0.4) is 0 Å². The molecule has 0 radical (unpaired) electrons. The van der Waals surface area contributed by atoms with Gasteiger partial charge in [0.1, 0.15) is 0 Å². The zero-order valence-electron chi connectivity index (χ0n) is 12.0. The summed E-state index contributed by atoms with van der Waals surface area (Å²) in [6, 6.07) is 7.56. The topological polar surface area (TPSA) is 64.7 Å². The molecular formula is C15H20N4O2. The summed E-state index contributed by atoms with van der Waals surface area (Å²) in [7, 11) is 0. The quantitative estimate of drug-likeness (QED) is 0.891. The molecule has 0 aromatic heterocycles. The van der Waals surface area contributed by atoms with Gasteiger partial charge in [-0.1, -0.05) is 18.2 Å². The molecule has 0 atom stereocenters. The van der Waals surface area contributed by atoms with E-state index in [9.17, 15) is 9.59 Å². The number of anilines is 1. The molecule has 2 saturated heterocycles. The summed E-state index contributed by atoms with van der Waals surface area (Å²) in [5, 5.41) is 5.76. The lowest BCUT2D eigenvalue weighted by atomic mass is 10.1.